The van der Waals surface area contributed by atoms with Crippen molar-refractivity contribution >= 4 is 33.2 Å². The summed E-state index contributed by atoms with van der Waals surface area (Å²) in [5.41, 5.74) is 19.3. The van der Waals surface area contributed by atoms with Crippen molar-refractivity contribution in [3.63, 3.8) is 0 Å². The molecule has 0 bridgehead atoms. The number of rotatable bonds is 3. The largest absolute Gasteiger partial charge is 0.331 e. The van der Waals surface area contributed by atoms with Crippen LogP contribution in [0.1, 0.15) is 174 Å². The molecule has 8 heteroatoms. The second kappa shape index (κ2) is 20.7. The summed E-state index contributed by atoms with van der Waals surface area (Å²) in [7, 11) is 6.27. The van der Waals surface area contributed by atoms with Gasteiger partial charge in [0.15, 0.2) is 5.65 Å². The minimum Gasteiger partial charge on any atom is -0.331 e. The number of hydrogen-bond acceptors (Lipinski definition) is 5. The van der Waals surface area contributed by atoms with Crippen molar-refractivity contribution in [3.05, 3.63) is 73.5 Å². The Morgan fingerprint density at radius 1 is 0.327 bits per heavy atom. The Kier molecular flexibility index (Phi) is 18.5. The lowest BCUT2D eigenvalue weighted by Gasteiger charge is -2.11. The highest BCUT2D eigenvalue weighted by atomic mass is 15.1. The monoisotopic (exact) mass is 755 g/mol. The maximum absolute atomic E-state index is 4.84. The van der Waals surface area contributed by atoms with E-state index in [1.54, 1.807) is 0 Å². The first kappa shape index (κ1) is 48.9. The molecule has 0 fully saturated rings. The van der Waals surface area contributed by atoms with Crippen LogP contribution in [0.2, 0.25) is 0 Å². The number of hydrogen-bond donors (Lipinski definition) is 0. The highest BCUT2D eigenvalue weighted by Crippen LogP contribution is 2.31. The second-order valence-corrected chi connectivity index (χ2v) is 15.0. The average molecular weight is 755 g/mol. The molecule has 0 aliphatic carbocycles. The van der Waals surface area contributed by atoms with Gasteiger partial charge in [0.2, 0.25) is 0 Å². The third-order valence-corrected chi connectivity index (χ3v) is 10.6. The smallest absolute Gasteiger partial charge is 0.160 e. The molecule has 8 nitrogen and oxygen atoms in total. The summed E-state index contributed by atoms with van der Waals surface area (Å²) in [6, 6.07) is 0. The molecular formula is C47H78N8. The molecule has 0 atom stereocenters. The third kappa shape index (κ3) is 9.85. The predicted molar refractivity (Wildman–Crippen MR) is 241 cm³/mol. The maximum atomic E-state index is 4.84. The number of pyridine rings is 2. The topological polar surface area (TPSA) is 79.2 Å². The predicted octanol–water partition coefficient (Wildman–Crippen LogP) is 13.0. The minimum absolute atomic E-state index is 0.430. The Balaban J connectivity index is 0.000000386. The summed E-state index contributed by atoms with van der Waals surface area (Å²) in [6.45, 7) is 46.4. The van der Waals surface area contributed by atoms with Crippen molar-refractivity contribution in [2.75, 3.05) is 0 Å². The van der Waals surface area contributed by atoms with Crippen LogP contribution in [0.4, 0.5) is 0 Å². The number of aromatic nitrogens is 8. The fraction of sp³-hybridized carbons (Fsp3) is 0.596. The first-order valence-corrected chi connectivity index (χ1v) is 20.7. The van der Waals surface area contributed by atoms with E-state index in [2.05, 4.69) is 142 Å². The Morgan fingerprint density at radius 2 is 0.673 bits per heavy atom. The summed E-state index contributed by atoms with van der Waals surface area (Å²) in [4.78, 5) is 23.4. The molecule has 0 aliphatic rings. The van der Waals surface area contributed by atoms with Gasteiger partial charge in [-0.2, -0.15) is 0 Å². The number of fused-ring (bicyclic) bond motifs is 3. The third-order valence-electron chi connectivity index (χ3n) is 10.6. The van der Waals surface area contributed by atoms with Crippen LogP contribution in [0, 0.1) is 69.2 Å². The van der Waals surface area contributed by atoms with E-state index in [1.807, 2.05) is 55.5 Å². The maximum Gasteiger partial charge on any atom is 0.160 e. The number of imidazole rings is 3. The molecule has 55 heavy (non-hydrogen) atoms. The van der Waals surface area contributed by atoms with Crippen molar-refractivity contribution in [2.24, 2.45) is 21.1 Å². The lowest BCUT2D eigenvalue weighted by Crippen LogP contribution is -2.01. The molecule has 6 rings (SSSR count). The lowest BCUT2D eigenvalue weighted by molar-refractivity contribution is 0.718. The van der Waals surface area contributed by atoms with Crippen molar-refractivity contribution in [1.29, 1.82) is 0 Å². The zero-order valence-corrected chi connectivity index (χ0v) is 39.8. The Morgan fingerprint density at radius 3 is 1.13 bits per heavy atom. The van der Waals surface area contributed by atoms with E-state index in [-0.39, 0.29) is 0 Å². The second-order valence-electron chi connectivity index (χ2n) is 15.0. The van der Waals surface area contributed by atoms with E-state index < -0.39 is 0 Å². The van der Waals surface area contributed by atoms with E-state index in [4.69, 9.17) is 15.0 Å². The van der Waals surface area contributed by atoms with Gasteiger partial charge >= 0.3 is 0 Å². The van der Waals surface area contributed by atoms with Gasteiger partial charge in [0.25, 0.3) is 0 Å². The van der Waals surface area contributed by atoms with Crippen LogP contribution in [-0.2, 0) is 21.1 Å². The Bertz CT molecular complexity index is 2180. The standard InChI is InChI=1S/C15H22N2.2C13H19N3.3C2H6/c1-8(2)15-16-13-11(5)9(3)10(4)12(6)14(13)17(15)7;1-7(2)13-15-11-10(5)14-9(4)8(3)12(11)16(13)6;1-7(2)12-15-11-9(4)8(3)10(5)14-13(11)16(12)6;3*1-2/h8H,1-7H3;2*7H,1-6H3;3*1-2H3. The van der Waals surface area contributed by atoms with Crippen LogP contribution in [-0.4, -0.2) is 38.6 Å². The van der Waals surface area contributed by atoms with Gasteiger partial charge in [-0.15, -0.1) is 0 Å². The lowest BCUT2D eigenvalue weighted by atomic mass is 9.97. The molecular weight excluding hydrogens is 677 g/mol. The van der Waals surface area contributed by atoms with E-state index in [1.165, 1.54) is 61.3 Å². The molecule has 0 N–H and O–H groups in total. The van der Waals surface area contributed by atoms with Crippen LogP contribution in [0.3, 0.4) is 0 Å². The van der Waals surface area contributed by atoms with Crippen LogP contribution in [0.25, 0.3) is 33.2 Å². The van der Waals surface area contributed by atoms with Crippen LogP contribution in [0.15, 0.2) is 0 Å². The van der Waals surface area contributed by atoms with Gasteiger partial charge in [-0.3, -0.25) is 4.98 Å². The zero-order valence-electron chi connectivity index (χ0n) is 39.8. The normalized spacial score (nSPS) is 10.8. The highest BCUT2D eigenvalue weighted by molar-refractivity contribution is 5.85. The van der Waals surface area contributed by atoms with Crippen molar-refractivity contribution < 1.29 is 0 Å². The van der Waals surface area contributed by atoms with Gasteiger partial charge < -0.3 is 13.7 Å². The molecule has 0 unspecified atom stereocenters. The van der Waals surface area contributed by atoms with Crippen LogP contribution < -0.4 is 0 Å². The van der Waals surface area contributed by atoms with Gasteiger partial charge in [0.05, 0.1) is 22.2 Å². The van der Waals surface area contributed by atoms with Gasteiger partial charge in [0.1, 0.15) is 28.5 Å². The van der Waals surface area contributed by atoms with Crippen LogP contribution >= 0.6 is 0 Å². The van der Waals surface area contributed by atoms with E-state index >= 15 is 0 Å². The average Bonchev–Trinajstić information content (AvgIpc) is 3.82. The van der Waals surface area contributed by atoms with Crippen molar-refractivity contribution in [3.8, 4) is 0 Å². The quantitative estimate of drug-likeness (QED) is 0.180. The first-order chi connectivity index (χ1) is 25.7. The molecule has 0 spiro atoms. The Hall–Kier alpha value is -4.07. The van der Waals surface area contributed by atoms with Crippen molar-refractivity contribution in [2.45, 2.75) is 170 Å². The van der Waals surface area contributed by atoms with Crippen molar-refractivity contribution in [1.82, 2.24) is 38.6 Å². The summed E-state index contributed by atoms with van der Waals surface area (Å²) in [6.07, 6.45) is 0. The molecule has 0 saturated carbocycles. The van der Waals surface area contributed by atoms with Gasteiger partial charge in [-0.1, -0.05) is 83.1 Å². The highest BCUT2D eigenvalue weighted by Gasteiger charge is 2.19. The summed E-state index contributed by atoms with van der Waals surface area (Å²) in [5, 5.41) is 0. The minimum atomic E-state index is 0.430. The first-order valence-electron chi connectivity index (χ1n) is 20.7. The molecule has 306 valence electrons. The molecule has 0 radical (unpaired) electrons. The fourth-order valence-corrected chi connectivity index (χ4v) is 7.01. The summed E-state index contributed by atoms with van der Waals surface area (Å²) in [5.74, 6) is 4.75. The molecule has 0 aliphatic heterocycles. The molecule has 5 heterocycles. The number of aryl methyl sites for hydroxylation is 10. The van der Waals surface area contributed by atoms with E-state index in [9.17, 15) is 0 Å². The van der Waals surface area contributed by atoms with Gasteiger partial charge in [-0.05, 0) is 108 Å². The van der Waals surface area contributed by atoms with Crippen LogP contribution in [0.5, 0.6) is 0 Å². The molecule has 1 aromatic carbocycles. The van der Waals surface area contributed by atoms with Gasteiger partial charge in [-0.25, -0.2) is 19.9 Å². The SMILES string of the molecule is CC.CC.CC.Cc1c(C)c(C)c2c(nc(C(C)C)n2C)c1C.Cc1nc(C)c2nc(C(C)C)n(C)c2c1C.Cc1nc2c(nc(C(C)C)n2C)c(C)c1C. The zero-order chi connectivity index (χ0) is 43.0. The fourth-order valence-electron chi connectivity index (χ4n) is 7.01. The molecule has 5 aromatic heterocycles. The van der Waals surface area contributed by atoms with E-state index in [0.29, 0.717) is 17.8 Å². The number of benzene rings is 1. The van der Waals surface area contributed by atoms with Gasteiger partial charge in [0, 0.05) is 50.3 Å². The Labute approximate surface area is 335 Å². The molecule has 0 saturated heterocycles. The van der Waals surface area contributed by atoms with E-state index in [0.717, 1.165) is 45.4 Å². The summed E-state index contributed by atoms with van der Waals surface area (Å²) < 4.78 is 6.57. The molecule has 0 amide bonds. The number of nitrogens with zero attached hydrogens (tertiary/aromatic N) is 8. The summed E-state index contributed by atoms with van der Waals surface area (Å²) >= 11 is 0. The molecule has 6 aromatic rings.